The average molecular weight is 428 g/mol. The van der Waals surface area contributed by atoms with Crippen LogP contribution in [-0.4, -0.2) is 65.6 Å². The molecule has 3 atom stereocenters. The third-order valence-corrected chi connectivity index (χ3v) is 8.03. The molecule has 3 saturated heterocycles. The van der Waals surface area contributed by atoms with E-state index >= 15 is 0 Å². The Morgan fingerprint density at radius 2 is 1.90 bits per heavy atom. The fourth-order valence-corrected chi connectivity index (χ4v) is 6.59. The maximum absolute atomic E-state index is 13.3. The fourth-order valence-electron chi connectivity index (χ4n) is 5.01. The zero-order chi connectivity index (χ0) is 20.7. The van der Waals surface area contributed by atoms with E-state index in [2.05, 4.69) is 22.4 Å². The molecule has 3 heterocycles. The molecule has 2 amide bonds. The summed E-state index contributed by atoms with van der Waals surface area (Å²) in [5.74, 6) is 0.151. The first-order valence-electron chi connectivity index (χ1n) is 10.7. The molecular formula is C23H26FN3O2S. The highest BCUT2D eigenvalue weighted by molar-refractivity contribution is 8.04. The maximum Gasteiger partial charge on any atom is 0.244 e. The number of allylic oxidation sites excluding steroid dienone is 3. The van der Waals surface area contributed by atoms with Gasteiger partial charge < -0.3 is 10.2 Å². The quantitative estimate of drug-likeness (QED) is 0.802. The van der Waals surface area contributed by atoms with Crippen molar-refractivity contribution in [1.82, 2.24) is 15.1 Å². The number of amides is 2. The van der Waals surface area contributed by atoms with Gasteiger partial charge in [0.15, 0.2) is 0 Å². The summed E-state index contributed by atoms with van der Waals surface area (Å²) in [5.41, 5.74) is 2.59. The van der Waals surface area contributed by atoms with Crippen molar-refractivity contribution in [3.8, 4) is 0 Å². The summed E-state index contributed by atoms with van der Waals surface area (Å²) in [6, 6.07) is 6.46. The summed E-state index contributed by atoms with van der Waals surface area (Å²) in [7, 11) is 0. The lowest BCUT2D eigenvalue weighted by molar-refractivity contribution is -0.149. The second-order valence-corrected chi connectivity index (χ2v) is 9.76. The molecule has 3 aliphatic heterocycles. The molecule has 30 heavy (non-hydrogen) atoms. The van der Waals surface area contributed by atoms with Gasteiger partial charge in [-0.2, -0.15) is 0 Å². The first-order chi connectivity index (χ1) is 14.6. The molecule has 1 N–H and O–H groups in total. The van der Waals surface area contributed by atoms with Gasteiger partial charge in [0, 0.05) is 42.3 Å². The summed E-state index contributed by atoms with van der Waals surface area (Å²) < 4.78 is 13.3. The first kappa shape index (κ1) is 19.8. The van der Waals surface area contributed by atoms with Crippen LogP contribution in [0.25, 0.3) is 0 Å². The van der Waals surface area contributed by atoms with E-state index in [1.807, 2.05) is 23.9 Å². The van der Waals surface area contributed by atoms with E-state index in [0.29, 0.717) is 24.3 Å². The number of carbonyl (C=O) groups excluding carboxylic acids is 2. The number of carbonyl (C=O) groups is 2. The number of fused-ring (bicyclic) bond motifs is 2. The monoisotopic (exact) mass is 427 g/mol. The Hall–Kier alpha value is -2.12. The summed E-state index contributed by atoms with van der Waals surface area (Å²) in [6.07, 6.45) is 7.79. The number of nitrogens with zero attached hydrogens (tertiary/aromatic N) is 2. The van der Waals surface area contributed by atoms with Crippen LogP contribution in [0.3, 0.4) is 0 Å². The number of halogens is 1. The van der Waals surface area contributed by atoms with Crippen LogP contribution in [0.5, 0.6) is 0 Å². The zero-order valence-electron chi connectivity index (χ0n) is 16.9. The summed E-state index contributed by atoms with van der Waals surface area (Å²) >= 11 is 1.94. The maximum atomic E-state index is 13.3. The molecule has 5 nitrogen and oxygen atoms in total. The molecule has 0 radical (unpaired) electrons. The SMILES string of the molecule is O=C1NCC(=O)N2CCN(CC3C4=CCCC=C4SC3Cc3ccc(F)cc3)CC12. The number of benzene rings is 1. The topological polar surface area (TPSA) is 52.7 Å². The Morgan fingerprint density at radius 1 is 1.10 bits per heavy atom. The first-order valence-corrected chi connectivity index (χ1v) is 11.6. The smallest absolute Gasteiger partial charge is 0.244 e. The Balaban J connectivity index is 1.33. The molecule has 4 aliphatic rings. The van der Waals surface area contributed by atoms with Gasteiger partial charge in [-0.3, -0.25) is 14.5 Å². The molecule has 3 fully saturated rings. The average Bonchev–Trinajstić information content (AvgIpc) is 3.09. The lowest BCUT2D eigenvalue weighted by Crippen LogP contribution is -2.66. The van der Waals surface area contributed by atoms with Gasteiger partial charge in [0.2, 0.25) is 11.8 Å². The molecule has 0 saturated carbocycles. The van der Waals surface area contributed by atoms with Crippen molar-refractivity contribution in [3.63, 3.8) is 0 Å². The minimum Gasteiger partial charge on any atom is -0.345 e. The van der Waals surface area contributed by atoms with E-state index in [-0.39, 0.29) is 30.2 Å². The highest BCUT2D eigenvalue weighted by Gasteiger charge is 2.42. The molecule has 0 spiro atoms. The number of hydrogen-bond acceptors (Lipinski definition) is 4. The highest BCUT2D eigenvalue weighted by Crippen LogP contribution is 2.49. The van der Waals surface area contributed by atoms with Crippen LogP contribution in [0.4, 0.5) is 4.39 Å². The number of rotatable bonds is 4. The number of nitrogens with one attached hydrogen (secondary N) is 1. The van der Waals surface area contributed by atoms with E-state index in [4.69, 9.17) is 0 Å². The third kappa shape index (κ3) is 3.81. The van der Waals surface area contributed by atoms with Gasteiger partial charge in [0.25, 0.3) is 0 Å². The molecule has 3 unspecified atom stereocenters. The summed E-state index contributed by atoms with van der Waals surface area (Å²) in [4.78, 5) is 29.9. The Morgan fingerprint density at radius 3 is 2.73 bits per heavy atom. The van der Waals surface area contributed by atoms with Gasteiger partial charge in [-0.15, -0.1) is 11.8 Å². The number of piperazine rings is 2. The second kappa shape index (κ2) is 8.19. The largest absolute Gasteiger partial charge is 0.345 e. The van der Waals surface area contributed by atoms with E-state index in [1.54, 1.807) is 4.90 Å². The van der Waals surface area contributed by atoms with Crippen LogP contribution >= 0.6 is 11.8 Å². The van der Waals surface area contributed by atoms with E-state index in [1.165, 1.54) is 22.6 Å². The molecule has 5 rings (SSSR count). The number of hydrogen-bond donors (Lipinski definition) is 1. The minimum absolute atomic E-state index is 0.0186. The van der Waals surface area contributed by atoms with Gasteiger partial charge >= 0.3 is 0 Å². The minimum atomic E-state index is -0.375. The highest BCUT2D eigenvalue weighted by atomic mass is 32.2. The molecular weight excluding hydrogens is 401 g/mol. The molecule has 1 aromatic carbocycles. The van der Waals surface area contributed by atoms with Crippen molar-refractivity contribution < 1.29 is 14.0 Å². The van der Waals surface area contributed by atoms with Crippen LogP contribution in [0, 0.1) is 11.7 Å². The summed E-state index contributed by atoms with van der Waals surface area (Å²) in [5, 5.41) is 3.12. The van der Waals surface area contributed by atoms with Gasteiger partial charge in [0.05, 0.1) is 6.54 Å². The van der Waals surface area contributed by atoms with Crippen molar-refractivity contribution in [1.29, 1.82) is 0 Å². The Kier molecular flexibility index (Phi) is 5.41. The van der Waals surface area contributed by atoms with Crippen molar-refractivity contribution >= 4 is 23.6 Å². The third-order valence-electron chi connectivity index (χ3n) is 6.58. The zero-order valence-corrected chi connectivity index (χ0v) is 17.7. The predicted molar refractivity (Wildman–Crippen MR) is 115 cm³/mol. The molecule has 0 bridgehead atoms. The van der Waals surface area contributed by atoms with Crippen molar-refractivity contribution in [2.75, 3.05) is 32.7 Å². The van der Waals surface area contributed by atoms with Crippen molar-refractivity contribution in [2.24, 2.45) is 5.92 Å². The predicted octanol–water partition coefficient (Wildman–Crippen LogP) is 2.35. The van der Waals surface area contributed by atoms with E-state index < -0.39 is 0 Å². The van der Waals surface area contributed by atoms with Gasteiger partial charge in [-0.25, -0.2) is 4.39 Å². The van der Waals surface area contributed by atoms with Crippen LogP contribution in [0.15, 0.2) is 46.9 Å². The van der Waals surface area contributed by atoms with Crippen LogP contribution in [0.1, 0.15) is 18.4 Å². The fraction of sp³-hybridized carbons (Fsp3) is 0.478. The Bertz CT molecular complexity index is 914. The lowest BCUT2D eigenvalue weighted by atomic mass is 9.88. The molecule has 1 aromatic rings. The van der Waals surface area contributed by atoms with Crippen molar-refractivity contribution in [3.05, 3.63) is 58.3 Å². The van der Waals surface area contributed by atoms with Gasteiger partial charge in [-0.05, 0) is 42.5 Å². The summed E-state index contributed by atoms with van der Waals surface area (Å²) in [6.45, 7) is 3.00. The van der Waals surface area contributed by atoms with E-state index in [9.17, 15) is 14.0 Å². The normalized spacial score (nSPS) is 29.1. The lowest BCUT2D eigenvalue weighted by Gasteiger charge is -2.44. The second-order valence-electron chi connectivity index (χ2n) is 8.48. The molecule has 7 heteroatoms. The van der Waals surface area contributed by atoms with Crippen LogP contribution in [-0.2, 0) is 16.0 Å². The Labute approximate surface area is 180 Å². The van der Waals surface area contributed by atoms with Gasteiger partial charge in [-0.1, -0.05) is 24.3 Å². The standard InChI is InChI=1S/C23H26FN3O2S/c24-16-7-5-15(6-8-16)11-21-18(17-3-1-2-4-20(17)30-21)13-26-9-10-27-19(14-26)23(29)25-12-22(27)28/h3-8,18-19,21H,1-2,9-14H2,(H,25,29). The van der Waals surface area contributed by atoms with Crippen molar-refractivity contribution in [2.45, 2.75) is 30.6 Å². The number of thioether (sulfide) groups is 1. The van der Waals surface area contributed by atoms with Crippen LogP contribution < -0.4 is 5.32 Å². The molecule has 1 aliphatic carbocycles. The molecule has 0 aromatic heterocycles. The van der Waals surface area contributed by atoms with Crippen LogP contribution in [0.2, 0.25) is 0 Å². The molecule has 158 valence electrons. The van der Waals surface area contributed by atoms with Gasteiger partial charge in [0.1, 0.15) is 11.9 Å². The van der Waals surface area contributed by atoms with E-state index in [0.717, 1.165) is 37.9 Å².